The minimum Gasteiger partial charge on any atom is -0.496 e. The third kappa shape index (κ3) is 4.96. The summed E-state index contributed by atoms with van der Waals surface area (Å²) in [6.07, 6.45) is 7.57. The molecule has 1 amide bonds. The molecule has 0 saturated heterocycles. The predicted molar refractivity (Wildman–Crippen MR) is 128 cm³/mol. The maximum Gasteiger partial charge on any atom is 0.250 e. The summed E-state index contributed by atoms with van der Waals surface area (Å²) in [7, 11) is 1.63. The summed E-state index contributed by atoms with van der Waals surface area (Å²) in [5.74, 6) is 1.10. The number of allylic oxidation sites excluding steroid dienone is 2. The first-order chi connectivity index (χ1) is 16.0. The Hall–Kier alpha value is -3.91. The van der Waals surface area contributed by atoms with E-state index >= 15 is 0 Å². The minimum atomic E-state index is -0.838. The van der Waals surface area contributed by atoms with Crippen molar-refractivity contribution >= 4 is 22.6 Å². The predicted octanol–water partition coefficient (Wildman–Crippen LogP) is 3.20. The maximum atomic E-state index is 11.7. The summed E-state index contributed by atoms with van der Waals surface area (Å²) in [6, 6.07) is 10.9. The number of amides is 1. The zero-order valence-electron chi connectivity index (χ0n) is 18.6. The number of carbonyl (C=O) groups excluding carboxylic acids is 1. The summed E-state index contributed by atoms with van der Waals surface area (Å²) < 4.78 is 5.29. The molecule has 2 unspecified atom stereocenters. The SMILES string of the molecule is COc1ccc(C(O)NC2=CC(CNc3ncnc4c(C(N)=O)cccc34)CC=C2)cc1C. The standard InChI is InChI=1S/C25H27N5O3/c1-15-11-17(9-10-21(15)33-2)25(32)30-18-6-3-5-16(12-18)13-27-24-20-8-4-7-19(23(26)31)22(20)28-14-29-24/h3-4,6-12,14,16,25,30,32H,5,13H2,1-2H3,(H2,26,31)(H,27,28,29). The summed E-state index contributed by atoms with van der Waals surface area (Å²) in [4.78, 5) is 20.3. The second kappa shape index (κ2) is 9.70. The Balaban J connectivity index is 1.44. The van der Waals surface area contributed by atoms with Crippen molar-refractivity contribution in [2.45, 2.75) is 19.6 Å². The molecule has 0 spiro atoms. The number of hydrogen-bond donors (Lipinski definition) is 4. The van der Waals surface area contributed by atoms with Crippen LogP contribution in [0.5, 0.6) is 5.75 Å². The molecule has 2 aromatic carbocycles. The molecule has 0 radical (unpaired) electrons. The fraction of sp³-hybridized carbons (Fsp3) is 0.240. The number of anilines is 1. The lowest BCUT2D eigenvalue weighted by molar-refractivity contribution is 0.100. The number of aliphatic hydroxyl groups is 1. The Kier molecular flexibility index (Phi) is 6.55. The van der Waals surface area contributed by atoms with Crippen LogP contribution in [0.4, 0.5) is 5.82 Å². The number of nitrogens with one attached hydrogen (secondary N) is 2. The molecule has 0 fully saturated rings. The van der Waals surface area contributed by atoms with Crippen LogP contribution < -0.4 is 21.1 Å². The first-order valence-electron chi connectivity index (χ1n) is 10.7. The molecule has 1 heterocycles. The van der Waals surface area contributed by atoms with Crippen molar-refractivity contribution in [3.8, 4) is 5.75 Å². The number of aromatic nitrogens is 2. The molecule has 0 aliphatic heterocycles. The van der Waals surface area contributed by atoms with E-state index in [1.807, 2.05) is 37.3 Å². The third-order valence-corrected chi connectivity index (χ3v) is 5.65. The smallest absolute Gasteiger partial charge is 0.250 e. The summed E-state index contributed by atoms with van der Waals surface area (Å²) >= 11 is 0. The minimum absolute atomic E-state index is 0.187. The van der Waals surface area contributed by atoms with E-state index in [1.165, 1.54) is 6.33 Å². The van der Waals surface area contributed by atoms with E-state index in [2.05, 4.69) is 32.8 Å². The molecule has 5 N–H and O–H groups in total. The lowest BCUT2D eigenvalue weighted by atomic mass is 9.98. The van der Waals surface area contributed by atoms with Gasteiger partial charge in [0.2, 0.25) is 0 Å². The van der Waals surface area contributed by atoms with Crippen molar-refractivity contribution in [3.63, 3.8) is 0 Å². The van der Waals surface area contributed by atoms with E-state index in [0.717, 1.165) is 34.4 Å². The number of aryl methyl sites for hydroxylation is 1. The van der Waals surface area contributed by atoms with E-state index < -0.39 is 12.1 Å². The Morgan fingerprint density at radius 3 is 2.91 bits per heavy atom. The monoisotopic (exact) mass is 445 g/mol. The van der Waals surface area contributed by atoms with Crippen LogP contribution in [0.2, 0.25) is 0 Å². The van der Waals surface area contributed by atoms with E-state index in [0.29, 0.717) is 23.4 Å². The zero-order valence-corrected chi connectivity index (χ0v) is 18.6. The van der Waals surface area contributed by atoms with Gasteiger partial charge in [0.25, 0.3) is 5.91 Å². The topological polar surface area (TPSA) is 122 Å². The van der Waals surface area contributed by atoms with E-state index in [-0.39, 0.29) is 5.92 Å². The summed E-state index contributed by atoms with van der Waals surface area (Å²) in [5, 5.41) is 17.9. The van der Waals surface area contributed by atoms with Crippen molar-refractivity contribution in [2.24, 2.45) is 11.7 Å². The van der Waals surface area contributed by atoms with Crippen LogP contribution in [-0.4, -0.2) is 34.6 Å². The molecule has 2 atom stereocenters. The molecule has 8 nitrogen and oxygen atoms in total. The van der Waals surface area contributed by atoms with Gasteiger partial charge in [0.1, 0.15) is 17.9 Å². The second-order valence-corrected chi connectivity index (χ2v) is 7.97. The largest absolute Gasteiger partial charge is 0.496 e. The maximum absolute atomic E-state index is 11.7. The molecule has 170 valence electrons. The molecule has 4 rings (SSSR count). The van der Waals surface area contributed by atoms with Crippen LogP contribution in [0.15, 0.2) is 66.7 Å². The molecule has 3 aromatic rings. The van der Waals surface area contributed by atoms with Gasteiger partial charge in [0.05, 0.1) is 18.2 Å². The average molecular weight is 446 g/mol. The third-order valence-electron chi connectivity index (χ3n) is 5.65. The van der Waals surface area contributed by atoms with E-state index in [4.69, 9.17) is 10.5 Å². The van der Waals surface area contributed by atoms with E-state index in [1.54, 1.807) is 19.2 Å². The number of nitrogens with two attached hydrogens (primary N) is 1. The van der Waals surface area contributed by atoms with Gasteiger partial charge in [-0.15, -0.1) is 0 Å². The van der Waals surface area contributed by atoms with Crippen molar-refractivity contribution in [3.05, 3.63) is 83.3 Å². The molecule has 0 saturated carbocycles. The fourth-order valence-electron chi connectivity index (χ4n) is 3.95. The number of carbonyl (C=O) groups is 1. The van der Waals surface area contributed by atoms with Gasteiger partial charge in [-0.25, -0.2) is 9.97 Å². The highest BCUT2D eigenvalue weighted by molar-refractivity contribution is 6.06. The van der Waals surface area contributed by atoms with E-state index in [9.17, 15) is 9.90 Å². The van der Waals surface area contributed by atoms with Crippen molar-refractivity contribution in [1.29, 1.82) is 0 Å². The highest BCUT2D eigenvalue weighted by Crippen LogP contribution is 2.25. The molecule has 33 heavy (non-hydrogen) atoms. The van der Waals surface area contributed by atoms with Crippen molar-refractivity contribution < 1.29 is 14.6 Å². The molecular weight excluding hydrogens is 418 g/mol. The number of methoxy groups -OCH3 is 1. The normalized spacial score (nSPS) is 16.2. The van der Waals surface area contributed by atoms with Gasteiger partial charge in [-0.05, 0) is 55.2 Å². The molecule has 0 bridgehead atoms. The summed E-state index contributed by atoms with van der Waals surface area (Å²) in [5.41, 5.74) is 8.94. The molecule has 1 aromatic heterocycles. The van der Waals surface area contributed by atoms with Gasteiger partial charge >= 0.3 is 0 Å². The lowest BCUT2D eigenvalue weighted by Gasteiger charge is -2.22. The van der Waals surface area contributed by atoms with Crippen molar-refractivity contribution in [1.82, 2.24) is 15.3 Å². The van der Waals surface area contributed by atoms with Crippen LogP contribution in [0.3, 0.4) is 0 Å². The number of rotatable bonds is 8. The van der Waals surface area contributed by atoms with Crippen LogP contribution in [0.25, 0.3) is 10.9 Å². The molecule has 1 aliphatic carbocycles. The Morgan fingerprint density at radius 1 is 1.30 bits per heavy atom. The Bertz CT molecular complexity index is 1240. The van der Waals surface area contributed by atoms with Gasteiger partial charge in [0, 0.05) is 23.2 Å². The van der Waals surface area contributed by atoms with Crippen LogP contribution in [0, 0.1) is 12.8 Å². The number of aliphatic hydroxyl groups excluding tert-OH is 1. The number of nitrogens with zero attached hydrogens (tertiary/aromatic N) is 2. The number of benzene rings is 2. The van der Waals surface area contributed by atoms with Gasteiger partial charge < -0.3 is 26.2 Å². The highest BCUT2D eigenvalue weighted by atomic mass is 16.5. The number of ether oxygens (including phenoxy) is 1. The second-order valence-electron chi connectivity index (χ2n) is 7.97. The number of para-hydroxylation sites is 1. The van der Waals surface area contributed by atoms with Crippen molar-refractivity contribution in [2.75, 3.05) is 19.0 Å². The lowest BCUT2D eigenvalue weighted by Crippen LogP contribution is -2.23. The van der Waals surface area contributed by atoms with Crippen LogP contribution in [0.1, 0.15) is 34.1 Å². The summed E-state index contributed by atoms with van der Waals surface area (Å²) in [6.45, 7) is 2.57. The first kappa shape index (κ1) is 22.3. The highest BCUT2D eigenvalue weighted by Gasteiger charge is 2.16. The quantitative estimate of drug-likeness (QED) is 0.393. The first-order valence-corrected chi connectivity index (χ1v) is 10.7. The number of primary amides is 1. The average Bonchev–Trinajstić information content (AvgIpc) is 2.82. The van der Waals surface area contributed by atoms with Crippen LogP contribution in [-0.2, 0) is 0 Å². The molecule has 1 aliphatic rings. The zero-order chi connectivity index (χ0) is 23.4. The number of fused-ring (bicyclic) bond motifs is 1. The van der Waals surface area contributed by atoms with Crippen LogP contribution >= 0.6 is 0 Å². The Labute approximate surface area is 192 Å². The fourth-order valence-corrected chi connectivity index (χ4v) is 3.95. The Morgan fingerprint density at radius 2 is 2.15 bits per heavy atom. The van der Waals surface area contributed by atoms with Gasteiger partial charge in [0.15, 0.2) is 6.23 Å². The molecule has 8 heteroatoms. The molecular formula is C25H27N5O3. The van der Waals surface area contributed by atoms with Gasteiger partial charge in [-0.2, -0.15) is 0 Å². The van der Waals surface area contributed by atoms with Gasteiger partial charge in [-0.1, -0.05) is 24.3 Å². The number of hydrogen-bond acceptors (Lipinski definition) is 7. The van der Waals surface area contributed by atoms with Gasteiger partial charge in [-0.3, -0.25) is 4.79 Å².